The zero-order chi connectivity index (χ0) is 22.5. The number of aryl methyl sites for hydroxylation is 1. The Hall–Kier alpha value is -4.17. The second-order valence-electron chi connectivity index (χ2n) is 7.53. The van der Waals surface area contributed by atoms with Gasteiger partial charge in [-0.15, -0.1) is 0 Å². The molecule has 4 aromatic rings. The summed E-state index contributed by atoms with van der Waals surface area (Å²) in [5.74, 6) is -0.742. The van der Waals surface area contributed by atoms with Gasteiger partial charge in [-0.05, 0) is 54.0 Å². The van der Waals surface area contributed by atoms with Crippen molar-refractivity contribution in [1.82, 2.24) is 4.57 Å². The number of fused-ring (bicyclic) bond motifs is 1. The van der Waals surface area contributed by atoms with E-state index in [1.165, 1.54) is 17.7 Å². The van der Waals surface area contributed by atoms with E-state index in [1.54, 1.807) is 12.1 Å². The van der Waals surface area contributed by atoms with E-state index in [0.29, 0.717) is 12.2 Å². The van der Waals surface area contributed by atoms with Crippen molar-refractivity contribution in [2.75, 3.05) is 5.32 Å². The fourth-order valence-corrected chi connectivity index (χ4v) is 3.68. The summed E-state index contributed by atoms with van der Waals surface area (Å²) in [5, 5.41) is 13.3. The molecule has 158 valence electrons. The maximum absolute atomic E-state index is 13.6. The monoisotopic (exact) mass is 423 g/mol. The first-order chi connectivity index (χ1) is 15.6. The number of rotatable bonds is 6. The maximum atomic E-state index is 13.6. The number of hydrogen-bond donors (Lipinski definition) is 1. The Bertz CT molecular complexity index is 1340. The van der Waals surface area contributed by atoms with Crippen LogP contribution >= 0.6 is 0 Å². The van der Waals surface area contributed by atoms with E-state index in [4.69, 9.17) is 0 Å². The number of nitrogens with one attached hydrogen (secondary N) is 1. The lowest BCUT2D eigenvalue weighted by Gasteiger charge is -2.05. The number of carbonyl (C=O) groups is 1. The third-order valence-corrected chi connectivity index (χ3v) is 5.35. The average Bonchev–Trinajstić information content (AvgIpc) is 3.15. The van der Waals surface area contributed by atoms with Gasteiger partial charge in [-0.25, -0.2) is 4.39 Å². The molecule has 0 saturated heterocycles. The lowest BCUT2D eigenvalue weighted by Crippen LogP contribution is -2.13. The number of para-hydroxylation sites is 1. The van der Waals surface area contributed by atoms with Crippen LogP contribution in [0.3, 0.4) is 0 Å². The molecule has 1 N–H and O–H groups in total. The van der Waals surface area contributed by atoms with Crippen molar-refractivity contribution < 1.29 is 9.18 Å². The van der Waals surface area contributed by atoms with Crippen LogP contribution in [0, 0.1) is 17.1 Å². The number of aromatic nitrogens is 1. The van der Waals surface area contributed by atoms with Crippen LogP contribution in [-0.4, -0.2) is 10.5 Å². The molecule has 5 heteroatoms. The highest BCUT2D eigenvalue weighted by atomic mass is 19.1. The molecule has 4 rings (SSSR count). The highest BCUT2D eigenvalue weighted by Gasteiger charge is 2.13. The summed E-state index contributed by atoms with van der Waals surface area (Å²) < 4.78 is 15.6. The summed E-state index contributed by atoms with van der Waals surface area (Å²) in [6, 6.07) is 23.8. The molecule has 0 fully saturated rings. The second-order valence-corrected chi connectivity index (χ2v) is 7.53. The SMILES string of the molecule is CCc1ccc(NC(=O)/C(C#N)=C/c2cn(Cc3cccc(F)c3)c3ccccc23)cc1. The molecule has 0 atom stereocenters. The molecule has 0 bridgehead atoms. The van der Waals surface area contributed by atoms with Crippen LogP contribution < -0.4 is 5.32 Å². The minimum absolute atomic E-state index is 0.0122. The van der Waals surface area contributed by atoms with E-state index < -0.39 is 5.91 Å². The van der Waals surface area contributed by atoms with Crippen LogP contribution in [0.15, 0.2) is 84.6 Å². The fraction of sp³-hybridized carbons (Fsp3) is 0.111. The molecule has 3 aromatic carbocycles. The summed E-state index contributed by atoms with van der Waals surface area (Å²) in [7, 11) is 0. The van der Waals surface area contributed by atoms with Gasteiger partial charge in [0.25, 0.3) is 5.91 Å². The third kappa shape index (κ3) is 4.60. The first-order valence-electron chi connectivity index (χ1n) is 10.4. The Morgan fingerprint density at radius 1 is 1.06 bits per heavy atom. The molecule has 0 aliphatic rings. The van der Waals surface area contributed by atoms with Gasteiger partial charge in [0.2, 0.25) is 0 Å². The molecule has 0 aliphatic carbocycles. The van der Waals surface area contributed by atoms with Crippen LogP contribution in [0.5, 0.6) is 0 Å². The van der Waals surface area contributed by atoms with Gasteiger partial charge in [0.1, 0.15) is 17.5 Å². The predicted octanol–water partition coefficient (Wildman–Crippen LogP) is 5.94. The molecule has 1 heterocycles. The first kappa shape index (κ1) is 21.1. The van der Waals surface area contributed by atoms with Crippen molar-refractivity contribution in [1.29, 1.82) is 5.26 Å². The van der Waals surface area contributed by atoms with Crippen LogP contribution in [-0.2, 0) is 17.8 Å². The minimum Gasteiger partial charge on any atom is -0.342 e. The lowest BCUT2D eigenvalue weighted by molar-refractivity contribution is -0.112. The molecule has 1 amide bonds. The first-order valence-corrected chi connectivity index (χ1v) is 10.4. The lowest BCUT2D eigenvalue weighted by atomic mass is 10.1. The largest absolute Gasteiger partial charge is 0.342 e. The van der Waals surface area contributed by atoms with E-state index in [1.807, 2.05) is 71.4 Å². The zero-order valence-corrected chi connectivity index (χ0v) is 17.7. The normalized spacial score (nSPS) is 11.3. The number of nitriles is 1. The summed E-state index contributed by atoms with van der Waals surface area (Å²) in [5.41, 5.74) is 4.35. The standard InChI is InChI=1S/C27H22FN3O/c1-2-19-10-12-24(13-11-19)30-27(32)21(16-29)15-22-18-31(26-9-4-3-8-25(22)26)17-20-6-5-7-23(28)14-20/h3-15,18H,2,17H2,1H3,(H,30,32)/b21-15+. The van der Waals surface area contributed by atoms with Crippen LogP contribution in [0.4, 0.5) is 10.1 Å². The summed E-state index contributed by atoms with van der Waals surface area (Å²) in [6.07, 6.45) is 4.40. The number of anilines is 1. The van der Waals surface area contributed by atoms with E-state index in [9.17, 15) is 14.4 Å². The topological polar surface area (TPSA) is 57.8 Å². The van der Waals surface area contributed by atoms with Crippen molar-refractivity contribution in [2.45, 2.75) is 19.9 Å². The molecule has 0 radical (unpaired) electrons. The average molecular weight is 423 g/mol. The summed E-state index contributed by atoms with van der Waals surface area (Å²) >= 11 is 0. The highest BCUT2D eigenvalue weighted by molar-refractivity contribution is 6.10. The molecule has 0 aliphatic heterocycles. The Morgan fingerprint density at radius 3 is 2.56 bits per heavy atom. The Kier molecular flexibility index (Phi) is 6.14. The smallest absolute Gasteiger partial charge is 0.266 e. The molecular weight excluding hydrogens is 401 g/mol. The van der Waals surface area contributed by atoms with E-state index >= 15 is 0 Å². The van der Waals surface area contributed by atoms with Gasteiger partial charge < -0.3 is 9.88 Å². The van der Waals surface area contributed by atoms with Crippen LogP contribution in [0.1, 0.15) is 23.6 Å². The molecule has 32 heavy (non-hydrogen) atoms. The minimum atomic E-state index is -0.460. The number of benzene rings is 3. The van der Waals surface area contributed by atoms with Gasteiger partial charge in [0, 0.05) is 34.9 Å². The van der Waals surface area contributed by atoms with E-state index in [-0.39, 0.29) is 11.4 Å². The molecular formula is C27H22FN3O. The van der Waals surface area contributed by atoms with Crippen molar-refractivity contribution >= 4 is 28.6 Å². The molecule has 0 unspecified atom stereocenters. The number of hydrogen-bond acceptors (Lipinski definition) is 2. The maximum Gasteiger partial charge on any atom is 0.266 e. The quantitative estimate of drug-likeness (QED) is 0.308. The van der Waals surface area contributed by atoms with Gasteiger partial charge in [-0.2, -0.15) is 5.26 Å². The van der Waals surface area contributed by atoms with Gasteiger partial charge in [0.15, 0.2) is 0 Å². The van der Waals surface area contributed by atoms with E-state index in [2.05, 4.69) is 12.2 Å². The summed E-state index contributed by atoms with van der Waals surface area (Å²) in [6.45, 7) is 2.54. The zero-order valence-electron chi connectivity index (χ0n) is 17.7. The van der Waals surface area contributed by atoms with E-state index in [0.717, 1.165) is 28.5 Å². The van der Waals surface area contributed by atoms with Crippen molar-refractivity contribution in [2.24, 2.45) is 0 Å². The van der Waals surface area contributed by atoms with Crippen molar-refractivity contribution in [3.05, 3.63) is 107 Å². The van der Waals surface area contributed by atoms with Gasteiger partial charge >= 0.3 is 0 Å². The molecule has 0 spiro atoms. The van der Waals surface area contributed by atoms with Crippen LogP contribution in [0.25, 0.3) is 17.0 Å². The van der Waals surface area contributed by atoms with Gasteiger partial charge in [-0.1, -0.05) is 49.4 Å². The molecule has 0 saturated carbocycles. The van der Waals surface area contributed by atoms with Gasteiger partial charge in [0.05, 0.1) is 0 Å². The molecule has 1 aromatic heterocycles. The second kappa shape index (κ2) is 9.32. The Labute approximate surface area is 186 Å². The highest BCUT2D eigenvalue weighted by Crippen LogP contribution is 2.25. The number of amides is 1. The van der Waals surface area contributed by atoms with Crippen molar-refractivity contribution in [3.8, 4) is 6.07 Å². The molecule has 4 nitrogen and oxygen atoms in total. The number of carbonyl (C=O) groups excluding carboxylic acids is 1. The fourth-order valence-electron chi connectivity index (χ4n) is 3.68. The van der Waals surface area contributed by atoms with Crippen molar-refractivity contribution in [3.63, 3.8) is 0 Å². The number of halogens is 1. The van der Waals surface area contributed by atoms with Gasteiger partial charge in [-0.3, -0.25) is 4.79 Å². The summed E-state index contributed by atoms with van der Waals surface area (Å²) in [4.78, 5) is 12.7. The number of nitrogens with zero attached hydrogens (tertiary/aromatic N) is 2. The third-order valence-electron chi connectivity index (χ3n) is 5.35. The Balaban J connectivity index is 1.65. The van der Waals surface area contributed by atoms with Crippen LogP contribution in [0.2, 0.25) is 0 Å². The Morgan fingerprint density at radius 2 is 1.84 bits per heavy atom. The predicted molar refractivity (Wildman–Crippen MR) is 125 cm³/mol.